The first-order valence-electron chi connectivity index (χ1n) is 10.4. The summed E-state index contributed by atoms with van der Waals surface area (Å²) in [5.74, 6) is -0.0237. The second kappa shape index (κ2) is 6.92. The number of fused-ring (bicyclic) bond motifs is 1. The van der Waals surface area contributed by atoms with E-state index in [4.69, 9.17) is 0 Å². The lowest BCUT2D eigenvalue weighted by molar-refractivity contribution is -0.117. The van der Waals surface area contributed by atoms with Crippen molar-refractivity contribution in [1.82, 2.24) is 5.43 Å². The number of nitrogens with zero attached hydrogens (tertiary/aromatic N) is 1. The number of carbonyl (C=O) groups excluding carboxylic acids is 1. The average Bonchev–Trinajstić information content (AvgIpc) is 3.06. The third-order valence-corrected chi connectivity index (χ3v) is 7.84. The van der Waals surface area contributed by atoms with Gasteiger partial charge in [0, 0.05) is 12.7 Å². The van der Waals surface area contributed by atoms with Crippen molar-refractivity contribution in [2.24, 2.45) is 0 Å². The van der Waals surface area contributed by atoms with Gasteiger partial charge >= 0.3 is 0 Å². The quantitative estimate of drug-likeness (QED) is 0.789. The van der Waals surface area contributed by atoms with Crippen LogP contribution in [0.1, 0.15) is 69.7 Å². The SMILES string of the molecule is CC1(C)CCC(C)(C)c2cc(C3CC(=O)N(c4ccc(S(C)(=O)=O)cc4)N3)ccc21. The van der Waals surface area contributed by atoms with Crippen LogP contribution in [0, 0.1) is 0 Å². The van der Waals surface area contributed by atoms with E-state index in [0.717, 1.165) is 12.0 Å². The van der Waals surface area contributed by atoms with Crippen molar-refractivity contribution in [2.45, 2.75) is 68.7 Å². The van der Waals surface area contributed by atoms with Gasteiger partial charge in [-0.15, -0.1) is 0 Å². The summed E-state index contributed by atoms with van der Waals surface area (Å²) in [6, 6.07) is 13.0. The highest BCUT2D eigenvalue weighted by molar-refractivity contribution is 7.90. The van der Waals surface area contributed by atoms with Crippen LogP contribution >= 0.6 is 0 Å². The number of rotatable bonds is 3. The molecule has 2 aliphatic rings. The Morgan fingerprint density at radius 2 is 1.53 bits per heavy atom. The molecule has 1 unspecified atom stereocenters. The topological polar surface area (TPSA) is 66.5 Å². The largest absolute Gasteiger partial charge is 0.273 e. The van der Waals surface area contributed by atoms with E-state index in [2.05, 4.69) is 51.3 Å². The number of benzene rings is 2. The van der Waals surface area contributed by atoms with Crippen LogP contribution in [0.4, 0.5) is 5.69 Å². The van der Waals surface area contributed by atoms with Crippen molar-refractivity contribution >= 4 is 21.4 Å². The van der Waals surface area contributed by atoms with Gasteiger partial charge in [-0.1, -0.05) is 45.9 Å². The Kier molecular flexibility index (Phi) is 4.86. The van der Waals surface area contributed by atoms with Gasteiger partial charge in [-0.05, 0) is 64.6 Å². The van der Waals surface area contributed by atoms with E-state index in [1.807, 2.05) is 0 Å². The van der Waals surface area contributed by atoms with E-state index in [-0.39, 0.29) is 27.7 Å². The van der Waals surface area contributed by atoms with Gasteiger partial charge in [0.25, 0.3) is 0 Å². The lowest BCUT2D eigenvalue weighted by atomic mass is 9.63. The Hall–Kier alpha value is -2.18. The summed E-state index contributed by atoms with van der Waals surface area (Å²) in [5.41, 5.74) is 8.14. The fourth-order valence-electron chi connectivity index (χ4n) is 4.62. The van der Waals surface area contributed by atoms with Crippen molar-refractivity contribution in [3.05, 3.63) is 59.2 Å². The molecule has 0 radical (unpaired) electrons. The summed E-state index contributed by atoms with van der Waals surface area (Å²) in [6.45, 7) is 9.21. The highest BCUT2D eigenvalue weighted by Gasteiger charge is 2.38. The van der Waals surface area contributed by atoms with Gasteiger partial charge in [0.15, 0.2) is 9.84 Å². The molecule has 6 heteroatoms. The normalized spacial score (nSPS) is 22.8. The third-order valence-electron chi connectivity index (χ3n) is 6.72. The number of hydrazine groups is 1. The summed E-state index contributed by atoms with van der Waals surface area (Å²) in [7, 11) is -3.26. The predicted octanol–water partition coefficient (Wildman–Crippen LogP) is 4.42. The molecule has 0 aromatic heterocycles. The monoisotopic (exact) mass is 426 g/mol. The summed E-state index contributed by atoms with van der Waals surface area (Å²) in [5, 5.41) is 1.53. The molecule has 1 atom stereocenters. The zero-order valence-electron chi connectivity index (χ0n) is 18.3. The average molecular weight is 427 g/mol. The number of hydrogen-bond donors (Lipinski definition) is 1. The first-order valence-corrected chi connectivity index (χ1v) is 12.3. The van der Waals surface area contributed by atoms with Crippen molar-refractivity contribution in [3.63, 3.8) is 0 Å². The van der Waals surface area contributed by atoms with Gasteiger partial charge in [0.05, 0.1) is 16.6 Å². The van der Waals surface area contributed by atoms with Crippen molar-refractivity contribution < 1.29 is 13.2 Å². The second-order valence-electron chi connectivity index (χ2n) is 9.95. The molecule has 2 aromatic carbocycles. The summed E-state index contributed by atoms with van der Waals surface area (Å²) >= 11 is 0. The van der Waals surface area contributed by atoms with Crippen LogP contribution in [0.3, 0.4) is 0 Å². The van der Waals surface area contributed by atoms with E-state index in [1.165, 1.54) is 40.9 Å². The van der Waals surface area contributed by atoms with Crippen LogP contribution in [-0.2, 0) is 25.5 Å². The number of sulfone groups is 1. The van der Waals surface area contributed by atoms with Gasteiger partial charge in [0.2, 0.25) is 5.91 Å². The highest BCUT2D eigenvalue weighted by atomic mass is 32.2. The van der Waals surface area contributed by atoms with E-state index < -0.39 is 9.84 Å². The van der Waals surface area contributed by atoms with Crippen LogP contribution < -0.4 is 10.4 Å². The first-order chi connectivity index (χ1) is 13.9. The predicted molar refractivity (Wildman–Crippen MR) is 119 cm³/mol. The summed E-state index contributed by atoms with van der Waals surface area (Å²) in [4.78, 5) is 12.9. The Morgan fingerprint density at radius 3 is 2.13 bits per heavy atom. The number of nitrogens with one attached hydrogen (secondary N) is 1. The van der Waals surface area contributed by atoms with Crippen LogP contribution in [0.15, 0.2) is 47.4 Å². The van der Waals surface area contributed by atoms with Crippen LogP contribution in [0.2, 0.25) is 0 Å². The fourth-order valence-corrected chi connectivity index (χ4v) is 5.25. The fraction of sp³-hybridized carbons (Fsp3) is 0.458. The molecule has 0 spiro atoms. The Bertz CT molecular complexity index is 1100. The Morgan fingerprint density at radius 1 is 0.933 bits per heavy atom. The standard InChI is InChI=1S/C24H30N2O3S/c1-23(2)12-13-24(3,4)20-14-16(6-11-19(20)23)21-15-22(27)26(25-21)17-7-9-18(10-8-17)30(5,28)29/h6-11,14,21,25H,12-13,15H2,1-5H3. The smallest absolute Gasteiger partial charge is 0.243 e. The molecular weight excluding hydrogens is 396 g/mol. The molecule has 0 bridgehead atoms. The number of hydrogen-bond acceptors (Lipinski definition) is 4. The number of anilines is 1. The Balaban J connectivity index is 1.62. The maximum absolute atomic E-state index is 12.7. The molecule has 30 heavy (non-hydrogen) atoms. The van der Waals surface area contributed by atoms with E-state index in [1.54, 1.807) is 12.1 Å². The summed E-state index contributed by atoms with van der Waals surface area (Å²) in [6.07, 6.45) is 3.86. The van der Waals surface area contributed by atoms with Crippen molar-refractivity contribution in [1.29, 1.82) is 0 Å². The first kappa shape index (κ1) is 21.1. The van der Waals surface area contributed by atoms with Gasteiger partial charge in [-0.25, -0.2) is 18.9 Å². The van der Waals surface area contributed by atoms with E-state index >= 15 is 0 Å². The van der Waals surface area contributed by atoms with Gasteiger partial charge in [-0.2, -0.15) is 0 Å². The van der Waals surface area contributed by atoms with E-state index in [9.17, 15) is 13.2 Å². The highest BCUT2D eigenvalue weighted by Crippen LogP contribution is 2.46. The molecule has 1 aliphatic carbocycles. The second-order valence-corrected chi connectivity index (χ2v) is 12.0. The lowest BCUT2D eigenvalue weighted by Gasteiger charge is -2.42. The molecule has 0 saturated carbocycles. The minimum absolute atomic E-state index is 0.0237. The van der Waals surface area contributed by atoms with Gasteiger partial charge in [-0.3, -0.25) is 4.79 Å². The molecule has 1 amide bonds. The zero-order valence-corrected chi connectivity index (χ0v) is 19.1. The maximum Gasteiger partial charge on any atom is 0.243 e. The zero-order chi connectivity index (χ0) is 21.9. The number of carbonyl (C=O) groups is 1. The van der Waals surface area contributed by atoms with Crippen molar-refractivity contribution in [2.75, 3.05) is 11.3 Å². The van der Waals surface area contributed by atoms with E-state index in [0.29, 0.717) is 12.1 Å². The minimum atomic E-state index is -3.26. The molecule has 4 rings (SSSR count). The molecule has 1 heterocycles. The Labute approximate surface area is 179 Å². The number of amides is 1. The van der Waals surface area contributed by atoms with Gasteiger partial charge in [0.1, 0.15) is 0 Å². The summed E-state index contributed by atoms with van der Waals surface area (Å²) < 4.78 is 23.4. The molecule has 5 nitrogen and oxygen atoms in total. The lowest BCUT2D eigenvalue weighted by Crippen LogP contribution is -2.36. The minimum Gasteiger partial charge on any atom is -0.273 e. The van der Waals surface area contributed by atoms with Gasteiger partial charge < -0.3 is 0 Å². The van der Waals surface area contributed by atoms with Crippen LogP contribution in [-0.4, -0.2) is 20.6 Å². The molecule has 2 aromatic rings. The van der Waals surface area contributed by atoms with Crippen molar-refractivity contribution in [3.8, 4) is 0 Å². The molecule has 1 fully saturated rings. The molecule has 1 saturated heterocycles. The molecule has 160 valence electrons. The third kappa shape index (κ3) is 3.67. The maximum atomic E-state index is 12.7. The molecule has 1 aliphatic heterocycles. The molecular formula is C24H30N2O3S. The van der Waals surface area contributed by atoms with Crippen LogP contribution in [0.5, 0.6) is 0 Å². The molecule has 1 N–H and O–H groups in total. The van der Waals surface area contributed by atoms with Crippen LogP contribution in [0.25, 0.3) is 0 Å².